The molecular weight excluding hydrogens is 276 g/mol. The summed E-state index contributed by atoms with van der Waals surface area (Å²) in [6.45, 7) is 3.81. The van der Waals surface area contributed by atoms with Gasteiger partial charge in [0.25, 0.3) is 0 Å². The van der Waals surface area contributed by atoms with Crippen molar-refractivity contribution in [2.45, 2.75) is 25.9 Å². The Morgan fingerprint density at radius 2 is 2.25 bits per heavy atom. The van der Waals surface area contributed by atoms with E-state index in [0.29, 0.717) is 0 Å². The molecule has 0 amide bonds. The molecule has 0 radical (unpaired) electrons. The van der Waals surface area contributed by atoms with Crippen LogP contribution in [0, 0.1) is 6.92 Å². The largest absolute Gasteiger partial charge is 0.380 e. The summed E-state index contributed by atoms with van der Waals surface area (Å²) in [5.74, 6) is 0.909. The van der Waals surface area contributed by atoms with Crippen molar-refractivity contribution in [1.29, 1.82) is 0 Å². The fourth-order valence-electron chi connectivity index (χ4n) is 2.88. The quantitative estimate of drug-likeness (QED) is 0.854. The highest BCUT2D eigenvalue weighted by atomic mass is 35.5. The number of halogens is 1. The monoisotopic (exact) mass is 294 g/mol. The van der Waals surface area contributed by atoms with Gasteiger partial charge in [0, 0.05) is 33.3 Å². The number of aromatic nitrogens is 3. The number of pyridine rings is 1. The zero-order chi connectivity index (χ0) is 14.3. The number of piperidine rings is 1. The molecule has 0 aliphatic carbocycles. The summed E-state index contributed by atoms with van der Waals surface area (Å²) >= 11 is 6.42. The molecule has 0 aromatic carbocycles. The molecule has 0 N–H and O–H groups in total. The first-order chi connectivity index (χ1) is 9.60. The van der Waals surface area contributed by atoms with Crippen molar-refractivity contribution in [3.05, 3.63) is 16.8 Å². The van der Waals surface area contributed by atoms with Crippen molar-refractivity contribution < 1.29 is 4.74 Å². The molecule has 1 fully saturated rings. The summed E-state index contributed by atoms with van der Waals surface area (Å²) in [5, 5.41) is 6.06. The lowest BCUT2D eigenvalue weighted by molar-refractivity contribution is 0.0891. The van der Waals surface area contributed by atoms with Crippen LogP contribution < -0.4 is 4.90 Å². The molecule has 1 atom stereocenters. The first-order valence-electron chi connectivity index (χ1n) is 6.87. The van der Waals surface area contributed by atoms with Crippen molar-refractivity contribution in [2.75, 3.05) is 25.1 Å². The van der Waals surface area contributed by atoms with Gasteiger partial charge in [-0.2, -0.15) is 5.10 Å². The van der Waals surface area contributed by atoms with E-state index in [2.05, 4.69) is 10.00 Å². The van der Waals surface area contributed by atoms with E-state index in [-0.39, 0.29) is 6.10 Å². The minimum absolute atomic E-state index is 0.272. The van der Waals surface area contributed by atoms with Gasteiger partial charge < -0.3 is 9.64 Å². The highest BCUT2D eigenvalue weighted by Gasteiger charge is 2.22. The van der Waals surface area contributed by atoms with Gasteiger partial charge in [-0.05, 0) is 19.8 Å². The van der Waals surface area contributed by atoms with Crippen LogP contribution in [0.3, 0.4) is 0 Å². The maximum Gasteiger partial charge on any atom is 0.161 e. The summed E-state index contributed by atoms with van der Waals surface area (Å²) < 4.78 is 7.26. The number of rotatable bonds is 2. The maximum absolute atomic E-state index is 6.42. The molecule has 0 spiro atoms. The summed E-state index contributed by atoms with van der Waals surface area (Å²) in [6, 6.07) is 1.94. The molecule has 20 heavy (non-hydrogen) atoms. The Kier molecular flexibility index (Phi) is 3.56. The Hall–Kier alpha value is -1.33. The van der Waals surface area contributed by atoms with Gasteiger partial charge in [0.15, 0.2) is 5.65 Å². The van der Waals surface area contributed by atoms with Crippen LogP contribution in [-0.4, -0.2) is 41.1 Å². The molecule has 2 aromatic heterocycles. The lowest BCUT2D eigenvalue weighted by Gasteiger charge is -2.32. The fraction of sp³-hybridized carbons (Fsp3) is 0.571. The predicted molar refractivity (Wildman–Crippen MR) is 80.5 cm³/mol. The third-order valence-corrected chi connectivity index (χ3v) is 4.24. The zero-order valence-corrected chi connectivity index (χ0v) is 12.8. The van der Waals surface area contributed by atoms with E-state index >= 15 is 0 Å². The van der Waals surface area contributed by atoms with Crippen LogP contribution in [-0.2, 0) is 11.8 Å². The lowest BCUT2D eigenvalue weighted by atomic mass is 10.1. The Labute approximate surface area is 123 Å². The van der Waals surface area contributed by atoms with Crippen LogP contribution in [0.1, 0.15) is 18.5 Å². The average molecular weight is 295 g/mol. The SMILES string of the molecule is CO[C@@H]1CCCN(c2cc(Cl)c3c(C)nn(C)c3n2)C1. The van der Waals surface area contributed by atoms with Gasteiger partial charge in [-0.15, -0.1) is 0 Å². The second kappa shape index (κ2) is 5.22. The van der Waals surface area contributed by atoms with Crippen molar-refractivity contribution >= 4 is 28.5 Å². The fourth-order valence-corrected chi connectivity index (χ4v) is 3.20. The van der Waals surface area contributed by atoms with E-state index in [1.54, 1.807) is 11.8 Å². The number of methoxy groups -OCH3 is 1. The highest BCUT2D eigenvalue weighted by Crippen LogP contribution is 2.30. The minimum Gasteiger partial charge on any atom is -0.380 e. The second-order valence-corrected chi connectivity index (χ2v) is 5.72. The first-order valence-corrected chi connectivity index (χ1v) is 7.25. The van der Waals surface area contributed by atoms with Crippen molar-refractivity contribution in [1.82, 2.24) is 14.8 Å². The average Bonchev–Trinajstić information content (AvgIpc) is 2.74. The smallest absolute Gasteiger partial charge is 0.161 e. The van der Waals surface area contributed by atoms with E-state index in [0.717, 1.165) is 53.5 Å². The molecule has 6 heteroatoms. The van der Waals surface area contributed by atoms with Gasteiger partial charge in [0.2, 0.25) is 0 Å². The van der Waals surface area contributed by atoms with E-state index in [4.69, 9.17) is 21.3 Å². The number of nitrogens with zero attached hydrogens (tertiary/aromatic N) is 4. The molecule has 1 aliphatic rings. The Morgan fingerprint density at radius 3 is 3.00 bits per heavy atom. The summed E-state index contributed by atoms with van der Waals surface area (Å²) in [7, 11) is 3.67. The highest BCUT2D eigenvalue weighted by molar-refractivity contribution is 6.35. The Bertz CT molecular complexity index is 640. The maximum atomic E-state index is 6.42. The summed E-state index contributed by atoms with van der Waals surface area (Å²) in [5.41, 5.74) is 1.75. The number of anilines is 1. The molecule has 2 aromatic rings. The topological polar surface area (TPSA) is 43.2 Å². The molecule has 0 saturated carbocycles. The molecular formula is C14H19ClN4O. The molecule has 3 heterocycles. The van der Waals surface area contributed by atoms with Gasteiger partial charge in [-0.25, -0.2) is 4.98 Å². The summed E-state index contributed by atoms with van der Waals surface area (Å²) in [4.78, 5) is 6.98. The normalized spacial score (nSPS) is 19.8. The third-order valence-electron chi connectivity index (χ3n) is 3.94. The van der Waals surface area contributed by atoms with Crippen LogP contribution in [0.5, 0.6) is 0 Å². The van der Waals surface area contributed by atoms with E-state index < -0.39 is 0 Å². The molecule has 1 saturated heterocycles. The Balaban J connectivity index is 2.02. The number of fused-ring (bicyclic) bond motifs is 1. The van der Waals surface area contributed by atoms with Crippen LogP contribution in [0.2, 0.25) is 5.02 Å². The molecule has 5 nitrogen and oxygen atoms in total. The van der Waals surface area contributed by atoms with Gasteiger partial charge in [-0.3, -0.25) is 4.68 Å². The zero-order valence-electron chi connectivity index (χ0n) is 12.1. The lowest BCUT2D eigenvalue weighted by Crippen LogP contribution is -2.39. The van der Waals surface area contributed by atoms with Gasteiger partial charge >= 0.3 is 0 Å². The van der Waals surface area contributed by atoms with Crippen LogP contribution in [0.15, 0.2) is 6.07 Å². The van der Waals surface area contributed by atoms with E-state index in [1.165, 1.54) is 0 Å². The molecule has 0 unspecified atom stereocenters. The predicted octanol–water partition coefficient (Wildman–Crippen LogP) is 2.55. The number of hydrogen-bond donors (Lipinski definition) is 0. The second-order valence-electron chi connectivity index (χ2n) is 5.32. The van der Waals surface area contributed by atoms with Gasteiger partial charge in [0.1, 0.15) is 5.82 Å². The van der Waals surface area contributed by atoms with E-state index in [9.17, 15) is 0 Å². The Morgan fingerprint density at radius 1 is 1.45 bits per heavy atom. The molecule has 0 bridgehead atoms. The third kappa shape index (κ3) is 2.25. The van der Waals surface area contributed by atoms with Gasteiger partial charge in [-0.1, -0.05) is 11.6 Å². The van der Waals surface area contributed by atoms with Crippen molar-refractivity contribution in [2.24, 2.45) is 7.05 Å². The number of hydrogen-bond acceptors (Lipinski definition) is 4. The molecule has 1 aliphatic heterocycles. The van der Waals surface area contributed by atoms with Crippen LogP contribution >= 0.6 is 11.6 Å². The van der Waals surface area contributed by atoms with E-state index in [1.807, 2.05) is 20.0 Å². The molecule has 108 valence electrons. The van der Waals surface area contributed by atoms with Crippen LogP contribution in [0.4, 0.5) is 5.82 Å². The summed E-state index contributed by atoms with van der Waals surface area (Å²) in [6.07, 6.45) is 2.49. The number of aryl methyl sites for hydroxylation is 2. The van der Waals surface area contributed by atoms with Crippen LogP contribution in [0.25, 0.3) is 11.0 Å². The standard InChI is InChI=1S/C14H19ClN4O/c1-9-13-11(15)7-12(16-14(13)18(2)17-9)19-6-4-5-10(8-19)20-3/h7,10H,4-6,8H2,1-3H3/t10-/m1/s1. The van der Waals surface area contributed by atoms with Crippen molar-refractivity contribution in [3.63, 3.8) is 0 Å². The minimum atomic E-state index is 0.272. The molecule has 3 rings (SSSR count). The first kappa shape index (κ1) is 13.6. The van der Waals surface area contributed by atoms with Crippen molar-refractivity contribution in [3.8, 4) is 0 Å². The van der Waals surface area contributed by atoms with Gasteiger partial charge in [0.05, 0.1) is 22.2 Å². The number of ether oxygens (including phenoxy) is 1.